The van der Waals surface area contributed by atoms with Crippen molar-refractivity contribution in [3.05, 3.63) is 53.4 Å². The Labute approximate surface area is 122 Å². The van der Waals surface area contributed by atoms with Crippen LogP contribution in [0.1, 0.15) is 0 Å². The van der Waals surface area contributed by atoms with Gasteiger partial charge < -0.3 is 9.80 Å². The molecule has 2 aromatic rings. The van der Waals surface area contributed by atoms with Crippen molar-refractivity contribution in [3.8, 4) is 0 Å². The minimum Gasteiger partial charge on any atom is -0.368 e. The second-order valence-corrected chi connectivity index (χ2v) is 5.22. The third kappa shape index (κ3) is 2.85. The summed E-state index contributed by atoms with van der Waals surface area (Å²) < 4.78 is 12.9. The molecule has 0 atom stereocenters. The van der Waals surface area contributed by atoms with Crippen LogP contribution in [0.15, 0.2) is 42.6 Å². The maximum absolute atomic E-state index is 12.9. The summed E-state index contributed by atoms with van der Waals surface area (Å²) in [5, 5.41) is 0.753. The van der Waals surface area contributed by atoms with Gasteiger partial charge in [0.2, 0.25) is 0 Å². The number of rotatable bonds is 2. The number of anilines is 2. The number of hydrogen-bond acceptors (Lipinski definition) is 3. The van der Waals surface area contributed by atoms with Crippen molar-refractivity contribution < 1.29 is 4.39 Å². The highest BCUT2D eigenvalue weighted by Crippen LogP contribution is 2.21. The van der Waals surface area contributed by atoms with Crippen LogP contribution >= 0.6 is 11.6 Å². The molecule has 0 bridgehead atoms. The van der Waals surface area contributed by atoms with Gasteiger partial charge in [0, 0.05) is 36.9 Å². The SMILES string of the molecule is Fc1ccc(N2CCN(c3ccc(Cl)cc3)CC2)nc1. The van der Waals surface area contributed by atoms with Gasteiger partial charge in [0.1, 0.15) is 11.6 Å². The van der Waals surface area contributed by atoms with Crippen molar-refractivity contribution in [2.45, 2.75) is 0 Å². The molecule has 0 amide bonds. The van der Waals surface area contributed by atoms with Crippen molar-refractivity contribution in [1.29, 1.82) is 0 Å². The van der Waals surface area contributed by atoms with Crippen LogP contribution in [0.5, 0.6) is 0 Å². The Morgan fingerprint density at radius 2 is 1.55 bits per heavy atom. The van der Waals surface area contributed by atoms with Crippen molar-refractivity contribution in [2.75, 3.05) is 36.0 Å². The van der Waals surface area contributed by atoms with Gasteiger partial charge in [0.05, 0.1) is 6.20 Å². The molecule has 0 radical (unpaired) electrons. The molecule has 20 heavy (non-hydrogen) atoms. The number of hydrogen-bond donors (Lipinski definition) is 0. The van der Waals surface area contributed by atoms with Gasteiger partial charge in [-0.2, -0.15) is 0 Å². The summed E-state index contributed by atoms with van der Waals surface area (Å²) in [6.07, 6.45) is 1.26. The predicted octanol–water partition coefficient (Wildman–Crippen LogP) is 3.20. The Kier molecular flexibility index (Phi) is 3.74. The maximum atomic E-state index is 12.9. The minimum absolute atomic E-state index is 0.298. The molecule has 0 unspecified atom stereocenters. The fourth-order valence-electron chi connectivity index (χ4n) is 2.40. The van der Waals surface area contributed by atoms with E-state index >= 15 is 0 Å². The molecule has 5 heteroatoms. The normalized spacial score (nSPS) is 15.5. The van der Waals surface area contributed by atoms with Gasteiger partial charge in [-0.25, -0.2) is 9.37 Å². The number of aromatic nitrogens is 1. The number of pyridine rings is 1. The lowest BCUT2D eigenvalue weighted by molar-refractivity contribution is 0.615. The average molecular weight is 292 g/mol. The number of halogens is 2. The molecule has 1 aliphatic heterocycles. The van der Waals surface area contributed by atoms with Crippen molar-refractivity contribution in [2.24, 2.45) is 0 Å². The van der Waals surface area contributed by atoms with Crippen LogP contribution in [0.2, 0.25) is 5.02 Å². The molecule has 1 aliphatic rings. The summed E-state index contributed by atoms with van der Waals surface area (Å²) in [6.45, 7) is 3.59. The Morgan fingerprint density at radius 1 is 0.900 bits per heavy atom. The lowest BCUT2D eigenvalue weighted by Gasteiger charge is -2.36. The third-order valence-corrected chi connectivity index (χ3v) is 3.76. The number of nitrogens with zero attached hydrogens (tertiary/aromatic N) is 3. The molecule has 0 saturated carbocycles. The molecular formula is C15H15ClFN3. The Morgan fingerprint density at radius 3 is 2.15 bits per heavy atom. The van der Waals surface area contributed by atoms with E-state index in [1.54, 1.807) is 6.07 Å². The highest BCUT2D eigenvalue weighted by Gasteiger charge is 2.18. The third-order valence-electron chi connectivity index (χ3n) is 3.51. The molecule has 104 valence electrons. The van der Waals surface area contributed by atoms with Gasteiger partial charge >= 0.3 is 0 Å². The summed E-state index contributed by atoms with van der Waals surface area (Å²) in [5.41, 5.74) is 1.18. The molecule has 1 aromatic carbocycles. The van der Waals surface area contributed by atoms with E-state index in [9.17, 15) is 4.39 Å². The smallest absolute Gasteiger partial charge is 0.141 e. The van der Waals surface area contributed by atoms with Gasteiger partial charge in [-0.15, -0.1) is 0 Å². The van der Waals surface area contributed by atoms with Gasteiger partial charge in [-0.1, -0.05) is 11.6 Å². The van der Waals surface area contributed by atoms with Crippen molar-refractivity contribution in [3.63, 3.8) is 0 Å². The lowest BCUT2D eigenvalue weighted by atomic mass is 10.2. The van der Waals surface area contributed by atoms with Gasteiger partial charge in [-0.3, -0.25) is 0 Å². The second kappa shape index (κ2) is 5.67. The van der Waals surface area contributed by atoms with E-state index in [1.807, 2.05) is 24.3 Å². The summed E-state index contributed by atoms with van der Waals surface area (Å²) in [6, 6.07) is 11.1. The summed E-state index contributed by atoms with van der Waals surface area (Å²) in [5.74, 6) is 0.538. The van der Waals surface area contributed by atoms with E-state index in [-0.39, 0.29) is 5.82 Å². The molecule has 0 N–H and O–H groups in total. The van der Waals surface area contributed by atoms with Crippen LogP contribution in [-0.2, 0) is 0 Å². The highest BCUT2D eigenvalue weighted by atomic mass is 35.5. The Hall–Kier alpha value is -1.81. The quantitative estimate of drug-likeness (QED) is 0.847. The van der Waals surface area contributed by atoms with E-state index in [4.69, 9.17) is 11.6 Å². The number of piperazine rings is 1. The van der Waals surface area contributed by atoms with E-state index in [1.165, 1.54) is 18.0 Å². The lowest BCUT2D eigenvalue weighted by Crippen LogP contribution is -2.46. The molecule has 2 heterocycles. The van der Waals surface area contributed by atoms with E-state index in [0.717, 1.165) is 37.0 Å². The molecule has 1 fully saturated rings. The largest absolute Gasteiger partial charge is 0.368 e. The van der Waals surface area contributed by atoms with Gasteiger partial charge in [0.25, 0.3) is 0 Å². The Bertz CT molecular complexity index is 509. The van der Waals surface area contributed by atoms with Crippen LogP contribution < -0.4 is 9.80 Å². The summed E-state index contributed by atoms with van der Waals surface area (Å²) in [7, 11) is 0. The molecule has 3 rings (SSSR count). The van der Waals surface area contributed by atoms with Crippen LogP contribution in [0, 0.1) is 5.82 Å². The average Bonchev–Trinajstić information content (AvgIpc) is 2.49. The van der Waals surface area contributed by atoms with Crippen LogP contribution in [-0.4, -0.2) is 31.2 Å². The van der Waals surface area contributed by atoms with E-state index in [2.05, 4.69) is 14.8 Å². The first-order chi connectivity index (χ1) is 9.72. The fourth-order valence-corrected chi connectivity index (χ4v) is 2.53. The Balaban J connectivity index is 1.64. The zero-order chi connectivity index (χ0) is 13.9. The highest BCUT2D eigenvalue weighted by molar-refractivity contribution is 6.30. The van der Waals surface area contributed by atoms with Crippen LogP contribution in [0.25, 0.3) is 0 Å². The molecular weight excluding hydrogens is 277 g/mol. The van der Waals surface area contributed by atoms with Crippen molar-refractivity contribution >= 4 is 23.1 Å². The fraction of sp³-hybridized carbons (Fsp3) is 0.267. The first kappa shape index (κ1) is 13.2. The zero-order valence-corrected chi connectivity index (χ0v) is 11.7. The monoisotopic (exact) mass is 291 g/mol. The summed E-state index contributed by atoms with van der Waals surface area (Å²) in [4.78, 5) is 8.61. The zero-order valence-electron chi connectivity index (χ0n) is 11.0. The first-order valence-corrected chi connectivity index (χ1v) is 6.97. The van der Waals surface area contributed by atoms with Gasteiger partial charge in [-0.05, 0) is 36.4 Å². The van der Waals surface area contributed by atoms with Crippen LogP contribution in [0.4, 0.5) is 15.9 Å². The maximum Gasteiger partial charge on any atom is 0.141 e. The molecule has 0 spiro atoms. The molecule has 3 nitrogen and oxygen atoms in total. The van der Waals surface area contributed by atoms with Crippen LogP contribution in [0.3, 0.4) is 0 Å². The molecule has 1 saturated heterocycles. The predicted molar refractivity (Wildman–Crippen MR) is 80.1 cm³/mol. The van der Waals surface area contributed by atoms with E-state index < -0.39 is 0 Å². The number of benzene rings is 1. The minimum atomic E-state index is -0.298. The topological polar surface area (TPSA) is 19.4 Å². The van der Waals surface area contributed by atoms with Gasteiger partial charge in [0.15, 0.2) is 0 Å². The molecule has 1 aromatic heterocycles. The first-order valence-electron chi connectivity index (χ1n) is 6.59. The van der Waals surface area contributed by atoms with E-state index in [0.29, 0.717) is 0 Å². The second-order valence-electron chi connectivity index (χ2n) is 4.79. The summed E-state index contributed by atoms with van der Waals surface area (Å²) >= 11 is 5.90. The standard InChI is InChI=1S/C15H15ClFN3/c16-12-1-4-14(5-2-12)19-7-9-20(10-8-19)15-6-3-13(17)11-18-15/h1-6,11H,7-10H2. The molecule has 0 aliphatic carbocycles. The van der Waals surface area contributed by atoms with Crippen molar-refractivity contribution in [1.82, 2.24) is 4.98 Å².